The zero-order valence-corrected chi connectivity index (χ0v) is 8.27. The lowest BCUT2D eigenvalue weighted by Crippen LogP contribution is -2.23. The summed E-state index contributed by atoms with van der Waals surface area (Å²) in [6.07, 6.45) is 2.73. The van der Waals surface area contributed by atoms with E-state index < -0.39 is 12.1 Å². The topological polar surface area (TPSA) is 78.8 Å². The van der Waals surface area contributed by atoms with Crippen LogP contribution in [0.1, 0.15) is 6.42 Å². The number of aliphatic hydroxyl groups excluding tert-OH is 1. The third kappa shape index (κ3) is 9.18. The molecule has 82 valence electrons. The average molecular weight is 203 g/mol. The maximum atomic E-state index is 10.1. The Bertz CT molecular complexity index is 182. The van der Waals surface area contributed by atoms with Crippen LogP contribution in [0.2, 0.25) is 0 Å². The van der Waals surface area contributed by atoms with Crippen LogP contribution in [0.3, 0.4) is 0 Å². The summed E-state index contributed by atoms with van der Waals surface area (Å²) in [6.45, 7) is 1.45. The Labute approximate surface area is 83.4 Å². The van der Waals surface area contributed by atoms with Gasteiger partial charge in [0.2, 0.25) is 0 Å². The van der Waals surface area contributed by atoms with E-state index in [0.717, 1.165) is 6.08 Å². The second-order valence-corrected chi connectivity index (χ2v) is 2.84. The number of hydrogen-bond donors (Lipinski definition) is 3. The molecule has 0 saturated heterocycles. The van der Waals surface area contributed by atoms with E-state index in [2.05, 4.69) is 5.32 Å². The van der Waals surface area contributed by atoms with Crippen LogP contribution in [0, 0.1) is 0 Å². The lowest BCUT2D eigenvalue weighted by Gasteiger charge is -2.08. The molecule has 1 atom stereocenters. The summed E-state index contributed by atoms with van der Waals surface area (Å²) < 4.78 is 4.74. The normalized spacial score (nSPS) is 13.3. The molecule has 0 aromatic rings. The first-order valence-electron chi connectivity index (χ1n) is 4.44. The van der Waals surface area contributed by atoms with Gasteiger partial charge >= 0.3 is 5.97 Å². The lowest BCUT2D eigenvalue weighted by molar-refractivity contribution is -0.131. The molecule has 5 heteroatoms. The van der Waals surface area contributed by atoms with Crippen molar-refractivity contribution < 1.29 is 19.7 Å². The standard InChI is InChI=1S/C9H17NO4/c1-14-7-8(11)4-6-10-5-2-3-9(12)13/h2-3,8,10-11H,4-7H2,1H3,(H,12,13)/b3-2+. The molecule has 14 heavy (non-hydrogen) atoms. The van der Waals surface area contributed by atoms with E-state index in [4.69, 9.17) is 9.84 Å². The SMILES string of the molecule is COCC(O)CCNC/C=C/C(=O)O. The van der Waals surface area contributed by atoms with Crippen LogP contribution in [0.5, 0.6) is 0 Å². The fraction of sp³-hybridized carbons (Fsp3) is 0.667. The molecule has 0 aliphatic carbocycles. The minimum atomic E-state index is -0.953. The molecule has 0 bridgehead atoms. The Morgan fingerprint density at radius 1 is 1.64 bits per heavy atom. The number of ether oxygens (including phenoxy) is 1. The molecule has 0 spiro atoms. The highest BCUT2D eigenvalue weighted by molar-refractivity contribution is 5.79. The largest absolute Gasteiger partial charge is 0.478 e. The molecule has 5 nitrogen and oxygen atoms in total. The summed E-state index contributed by atoms with van der Waals surface area (Å²) in [4.78, 5) is 10.1. The van der Waals surface area contributed by atoms with Gasteiger partial charge in [0.15, 0.2) is 0 Å². The van der Waals surface area contributed by atoms with E-state index in [9.17, 15) is 9.90 Å². The molecule has 0 aromatic carbocycles. The van der Waals surface area contributed by atoms with E-state index in [-0.39, 0.29) is 0 Å². The minimum Gasteiger partial charge on any atom is -0.478 e. The molecule has 0 amide bonds. The van der Waals surface area contributed by atoms with E-state index in [1.807, 2.05) is 0 Å². The molecule has 1 unspecified atom stereocenters. The third-order valence-electron chi connectivity index (χ3n) is 1.54. The smallest absolute Gasteiger partial charge is 0.328 e. The number of nitrogens with one attached hydrogen (secondary N) is 1. The lowest BCUT2D eigenvalue weighted by atomic mass is 10.2. The van der Waals surface area contributed by atoms with Crippen molar-refractivity contribution in [2.24, 2.45) is 0 Å². The van der Waals surface area contributed by atoms with Crippen molar-refractivity contribution in [3.63, 3.8) is 0 Å². The molecule has 0 aliphatic rings. The van der Waals surface area contributed by atoms with Crippen LogP contribution in [-0.2, 0) is 9.53 Å². The van der Waals surface area contributed by atoms with Crippen molar-refractivity contribution >= 4 is 5.97 Å². The van der Waals surface area contributed by atoms with Gasteiger partial charge in [0, 0.05) is 19.7 Å². The number of hydrogen-bond acceptors (Lipinski definition) is 4. The van der Waals surface area contributed by atoms with Crippen LogP contribution >= 0.6 is 0 Å². The third-order valence-corrected chi connectivity index (χ3v) is 1.54. The van der Waals surface area contributed by atoms with Gasteiger partial charge in [-0.25, -0.2) is 4.79 Å². The number of carbonyl (C=O) groups is 1. The number of methoxy groups -OCH3 is 1. The molecule has 3 N–H and O–H groups in total. The van der Waals surface area contributed by atoms with E-state index in [0.29, 0.717) is 26.1 Å². The summed E-state index contributed by atoms with van der Waals surface area (Å²) >= 11 is 0. The zero-order chi connectivity index (χ0) is 10.8. The Balaban J connectivity index is 3.25. The number of carboxylic acids is 1. The van der Waals surface area contributed by atoms with Gasteiger partial charge in [0.1, 0.15) is 0 Å². The van der Waals surface area contributed by atoms with Crippen LogP contribution in [0.4, 0.5) is 0 Å². The molecule has 0 rings (SSSR count). The van der Waals surface area contributed by atoms with Gasteiger partial charge in [-0.15, -0.1) is 0 Å². The highest BCUT2D eigenvalue weighted by atomic mass is 16.5. The monoisotopic (exact) mass is 203 g/mol. The second-order valence-electron chi connectivity index (χ2n) is 2.84. The molecule has 0 saturated carbocycles. The highest BCUT2D eigenvalue weighted by Crippen LogP contribution is 1.89. The summed E-state index contributed by atoms with van der Waals surface area (Å²) in [5.41, 5.74) is 0. The molecule has 0 aromatic heterocycles. The number of rotatable bonds is 8. The highest BCUT2D eigenvalue weighted by Gasteiger charge is 2.00. The maximum Gasteiger partial charge on any atom is 0.328 e. The Morgan fingerprint density at radius 2 is 2.36 bits per heavy atom. The van der Waals surface area contributed by atoms with Crippen LogP contribution in [-0.4, -0.2) is 49.1 Å². The van der Waals surface area contributed by atoms with E-state index >= 15 is 0 Å². The predicted octanol–water partition coefficient (Wildman–Crippen LogP) is -0.386. The minimum absolute atomic E-state index is 0.326. The predicted molar refractivity (Wildman–Crippen MR) is 52.1 cm³/mol. The van der Waals surface area contributed by atoms with Crippen LogP contribution < -0.4 is 5.32 Å². The number of aliphatic hydroxyl groups is 1. The Hall–Kier alpha value is -0.910. The Kier molecular flexibility index (Phi) is 8.11. The van der Waals surface area contributed by atoms with E-state index in [1.54, 1.807) is 0 Å². The van der Waals surface area contributed by atoms with Crippen molar-refractivity contribution in [3.05, 3.63) is 12.2 Å². The maximum absolute atomic E-state index is 10.1. The van der Waals surface area contributed by atoms with Crippen molar-refractivity contribution in [3.8, 4) is 0 Å². The van der Waals surface area contributed by atoms with Gasteiger partial charge in [0.05, 0.1) is 12.7 Å². The molecule has 0 radical (unpaired) electrons. The molecular formula is C9H17NO4. The van der Waals surface area contributed by atoms with Gasteiger partial charge in [-0.1, -0.05) is 6.08 Å². The first-order chi connectivity index (χ1) is 6.66. The van der Waals surface area contributed by atoms with Crippen molar-refractivity contribution in [2.75, 3.05) is 26.8 Å². The molecule has 0 aliphatic heterocycles. The number of aliphatic carboxylic acids is 1. The Morgan fingerprint density at radius 3 is 2.93 bits per heavy atom. The van der Waals surface area contributed by atoms with Crippen LogP contribution in [0.15, 0.2) is 12.2 Å². The average Bonchev–Trinajstić information content (AvgIpc) is 2.11. The molecule has 0 heterocycles. The zero-order valence-electron chi connectivity index (χ0n) is 8.27. The quantitative estimate of drug-likeness (QED) is 0.370. The van der Waals surface area contributed by atoms with Gasteiger partial charge in [-0.2, -0.15) is 0 Å². The first kappa shape index (κ1) is 13.1. The fourth-order valence-corrected chi connectivity index (χ4v) is 0.890. The number of carboxylic acid groups (broad SMARTS) is 1. The van der Waals surface area contributed by atoms with Crippen LogP contribution in [0.25, 0.3) is 0 Å². The van der Waals surface area contributed by atoms with Gasteiger partial charge in [-0.05, 0) is 13.0 Å². The van der Waals surface area contributed by atoms with Gasteiger partial charge in [0.25, 0.3) is 0 Å². The van der Waals surface area contributed by atoms with Crippen molar-refractivity contribution in [2.45, 2.75) is 12.5 Å². The van der Waals surface area contributed by atoms with Crippen molar-refractivity contribution in [1.82, 2.24) is 5.32 Å². The second kappa shape index (κ2) is 8.68. The van der Waals surface area contributed by atoms with Gasteiger partial charge in [-0.3, -0.25) is 0 Å². The molecule has 0 fully saturated rings. The van der Waals surface area contributed by atoms with E-state index in [1.165, 1.54) is 13.2 Å². The van der Waals surface area contributed by atoms with Gasteiger partial charge < -0.3 is 20.3 Å². The molecular weight excluding hydrogens is 186 g/mol. The van der Waals surface area contributed by atoms with Crippen molar-refractivity contribution in [1.29, 1.82) is 0 Å². The summed E-state index contributed by atoms with van der Waals surface area (Å²) in [5, 5.41) is 20.4. The fourth-order valence-electron chi connectivity index (χ4n) is 0.890. The summed E-state index contributed by atoms with van der Waals surface area (Å²) in [5.74, 6) is -0.953. The summed E-state index contributed by atoms with van der Waals surface area (Å²) in [6, 6.07) is 0. The first-order valence-corrected chi connectivity index (χ1v) is 4.44. The summed E-state index contributed by atoms with van der Waals surface area (Å²) in [7, 11) is 1.53.